The van der Waals surface area contributed by atoms with Crippen molar-refractivity contribution in [1.82, 2.24) is 9.62 Å². The highest BCUT2D eigenvalue weighted by atomic mass is 32.2. The van der Waals surface area contributed by atoms with E-state index in [4.69, 9.17) is 0 Å². The number of rotatable bonds is 5. The normalized spacial score (nSPS) is 20.0. The van der Waals surface area contributed by atoms with Gasteiger partial charge in [0.1, 0.15) is 0 Å². The molecule has 1 aromatic rings. The minimum atomic E-state index is -3.19. The Morgan fingerprint density at radius 2 is 2.00 bits per heavy atom. The second-order valence-corrected chi connectivity index (χ2v) is 9.24. The summed E-state index contributed by atoms with van der Waals surface area (Å²) in [5.41, 5.74) is 3.23. The van der Waals surface area contributed by atoms with Crippen LogP contribution in [0.4, 0.5) is 5.69 Å². The Balaban J connectivity index is 1.50. The van der Waals surface area contributed by atoms with Gasteiger partial charge in [-0.25, -0.2) is 12.7 Å². The zero-order chi connectivity index (χ0) is 18.9. The van der Waals surface area contributed by atoms with Crippen LogP contribution < -0.4 is 10.2 Å². The monoisotopic (exact) mass is 381 g/mol. The van der Waals surface area contributed by atoms with Crippen molar-refractivity contribution in [3.05, 3.63) is 29.3 Å². The van der Waals surface area contributed by atoms with E-state index in [1.807, 2.05) is 18.2 Å². The molecule has 1 saturated heterocycles. The molecule has 26 heavy (non-hydrogen) atoms. The average molecular weight is 381 g/mol. The fourth-order valence-electron chi connectivity index (χ4n) is 3.70. The SMILES string of the molecule is CN1CCc2cc([C@H](O)CNC(=O)C3CCN(S(C)(=O)=O)CC3)ccc21. The van der Waals surface area contributed by atoms with Crippen LogP contribution in [0, 0.1) is 5.92 Å². The number of nitrogens with one attached hydrogen (secondary N) is 1. The molecule has 7 nitrogen and oxygen atoms in total. The number of likely N-dealkylation sites (N-methyl/N-ethyl adjacent to an activating group) is 1. The van der Waals surface area contributed by atoms with Crippen LogP contribution in [0.2, 0.25) is 0 Å². The summed E-state index contributed by atoms with van der Waals surface area (Å²) in [6, 6.07) is 5.94. The highest BCUT2D eigenvalue weighted by Gasteiger charge is 2.29. The third-order valence-corrected chi connectivity index (χ3v) is 6.68. The number of nitrogens with zero attached hydrogens (tertiary/aromatic N) is 2. The van der Waals surface area contributed by atoms with Gasteiger partial charge in [-0.3, -0.25) is 4.79 Å². The lowest BCUT2D eigenvalue weighted by Crippen LogP contribution is -2.43. The predicted octanol–water partition coefficient (Wildman–Crippen LogP) is 0.500. The van der Waals surface area contributed by atoms with Crippen molar-refractivity contribution >= 4 is 21.6 Å². The molecule has 1 fully saturated rings. The van der Waals surface area contributed by atoms with Gasteiger partial charge >= 0.3 is 0 Å². The Morgan fingerprint density at radius 1 is 1.31 bits per heavy atom. The summed E-state index contributed by atoms with van der Waals surface area (Å²) in [7, 11) is -1.13. The fourth-order valence-corrected chi connectivity index (χ4v) is 4.58. The maximum atomic E-state index is 12.3. The van der Waals surface area contributed by atoms with Gasteiger partial charge in [0, 0.05) is 44.8 Å². The molecule has 0 radical (unpaired) electrons. The van der Waals surface area contributed by atoms with Crippen molar-refractivity contribution in [2.45, 2.75) is 25.4 Å². The topological polar surface area (TPSA) is 89.9 Å². The molecule has 1 aromatic carbocycles. The van der Waals surface area contributed by atoms with Crippen LogP contribution in [0.5, 0.6) is 0 Å². The summed E-state index contributed by atoms with van der Waals surface area (Å²) in [6.45, 7) is 1.90. The Kier molecular flexibility index (Phi) is 5.55. The van der Waals surface area contributed by atoms with E-state index in [1.165, 1.54) is 21.8 Å². The van der Waals surface area contributed by atoms with Crippen molar-refractivity contribution in [3.8, 4) is 0 Å². The number of aliphatic hydroxyl groups is 1. The number of carbonyl (C=O) groups is 1. The molecule has 144 valence electrons. The summed E-state index contributed by atoms with van der Waals surface area (Å²) in [5.74, 6) is -0.313. The van der Waals surface area contributed by atoms with Crippen LogP contribution in [0.15, 0.2) is 18.2 Å². The number of fused-ring (bicyclic) bond motifs is 1. The molecule has 1 atom stereocenters. The van der Waals surface area contributed by atoms with Crippen molar-refractivity contribution in [2.75, 3.05) is 44.4 Å². The maximum Gasteiger partial charge on any atom is 0.223 e. The van der Waals surface area contributed by atoms with Crippen molar-refractivity contribution in [1.29, 1.82) is 0 Å². The minimum Gasteiger partial charge on any atom is -0.387 e. The molecule has 0 spiro atoms. The number of hydrogen-bond acceptors (Lipinski definition) is 5. The van der Waals surface area contributed by atoms with E-state index < -0.39 is 16.1 Å². The van der Waals surface area contributed by atoms with E-state index in [0.717, 1.165) is 18.5 Å². The first-order valence-corrected chi connectivity index (χ1v) is 10.9. The number of benzene rings is 1. The van der Waals surface area contributed by atoms with Crippen LogP contribution in [0.1, 0.15) is 30.1 Å². The minimum absolute atomic E-state index is 0.113. The van der Waals surface area contributed by atoms with Crippen molar-refractivity contribution in [3.63, 3.8) is 0 Å². The van der Waals surface area contributed by atoms with Gasteiger partial charge in [-0.2, -0.15) is 0 Å². The van der Waals surface area contributed by atoms with Crippen molar-refractivity contribution in [2.24, 2.45) is 5.92 Å². The number of aliphatic hydroxyl groups excluding tert-OH is 1. The van der Waals surface area contributed by atoms with E-state index in [-0.39, 0.29) is 18.4 Å². The van der Waals surface area contributed by atoms with Gasteiger partial charge in [0.05, 0.1) is 12.4 Å². The molecule has 0 aliphatic carbocycles. The Hall–Kier alpha value is -1.64. The van der Waals surface area contributed by atoms with Crippen LogP contribution in [0.25, 0.3) is 0 Å². The molecule has 8 heteroatoms. The number of hydrogen-bond donors (Lipinski definition) is 2. The first kappa shape index (κ1) is 19.1. The lowest BCUT2D eigenvalue weighted by atomic mass is 9.97. The molecule has 0 saturated carbocycles. The standard InChI is InChI=1S/C18H27N3O4S/c1-20-8-5-14-11-15(3-4-16(14)20)17(22)12-19-18(23)13-6-9-21(10-7-13)26(2,24)25/h3-4,11,13,17,22H,5-10,12H2,1-2H3,(H,19,23)/t17-/m1/s1. The van der Waals surface area contributed by atoms with E-state index in [0.29, 0.717) is 25.9 Å². The van der Waals surface area contributed by atoms with Crippen LogP contribution >= 0.6 is 0 Å². The molecule has 1 amide bonds. The number of anilines is 1. The lowest BCUT2D eigenvalue weighted by molar-refractivity contribution is -0.126. The molecule has 2 aliphatic rings. The smallest absolute Gasteiger partial charge is 0.223 e. The molecule has 0 aromatic heterocycles. The summed E-state index contributed by atoms with van der Waals surface area (Å²) >= 11 is 0. The maximum absolute atomic E-state index is 12.3. The molecule has 0 unspecified atom stereocenters. The second kappa shape index (κ2) is 7.54. The molecule has 0 bridgehead atoms. The first-order chi connectivity index (χ1) is 12.3. The number of carbonyl (C=O) groups excluding carboxylic acids is 1. The molecule has 3 rings (SSSR count). The van der Waals surface area contributed by atoms with Gasteiger partial charge in [0.15, 0.2) is 0 Å². The van der Waals surface area contributed by atoms with E-state index in [9.17, 15) is 18.3 Å². The molecule has 2 N–H and O–H groups in total. The Labute approximate surface area is 155 Å². The average Bonchev–Trinajstić information content (AvgIpc) is 2.99. The Morgan fingerprint density at radius 3 is 2.65 bits per heavy atom. The lowest BCUT2D eigenvalue weighted by Gasteiger charge is -2.29. The summed E-state index contributed by atoms with van der Waals surface area (Å²) in [5, 5.41) is 13.2. The third-order valence-electron chi connectivity index (χ3n) is 5.38. The van der Waals surface area contributed by atoms with Gasteiger partial charge in [0.2, 0.25) is 15.9 Å². The Bertz CT molecular complexity index is 773. The van der Waals surface area contributed by atoms with Gasteiger partial charge in [0.25, 0.3) is 0 Å². The largest absolute Gasteiger partial charge is 0.387 e. The summed E-state index contributed by atoms with van der Waals surface area (Å²) in [6.07, 6.45) is 2.45. The molecule has 2 heterocycles. The van der Waals surface area contributed by atoms with Gasteiger partial charge < -0.3 is 15.3 Å². The first-order valence-electron chi connectivity index (χ1n) is 9.00. The zero-order valence-corrected chi connectivity index (χ0v) is 16.1. The van der Waals surface area contributed by atoms with Crippen LogP contribution in [-0.4, -0.2) is 63.2 Å². The second-order valence-electron chi connectivity index (χ2n) is 7.26. The summed E-state index contributed by atoms with van der Waals surface area (Å²) < 4.78 is 24.5. The zero-order valence-electron chi connectivity index (χ0n) is 15.3. The number of sulfonamides is 1. The molecular weight excluding hydrogens is 354 g/mol. The van der Waals surface area contributed by atoms with E-state index >= 15 is 0 Å². The van der Waals surface area contributed by atoms with Crippen LogP contribution in [0.3, 0.4) is 0 Å². The van der Waals surface area contributed by atoms with Gasteiger partial charge in [-0.05, 0) is 36.5 Å². The molecular formula is C18H27N3O4S. The van der Waals surface area contributed by atoms with Gasteiger partial charge in [-0.1, -0.05) is 12.1 Å². The quantitative estimate of drug-likeness (QED) is 0.775. The fraction of sp³-hybridized carbons (Fsp3) is 0.611. The highest BCUT2D eigenvalue weighted by molar-refractivity contribution is 7.88. The van der Waals surface area contributed by atoms with E-state index in [2.05, 4.69) is 17.3 Å². The van der Waals surface area contributed by atoms with Crippen molar-refractivity contribution < 1.29 is 18.3 Å². The van der Waals surface area contributed by atoms with E-state index in [1.54, 1.807) is 0 Å². The third kappa shape index (κ3) is 4.19. The molecule has 2 aliphatic heterocycles. The highest BCUT2D eigenvalue weighted by Crippen LogP contribution is 2.29. The van der Waals surface area contributed by atoms with Gasteiger partial charge in [-0.15, -0.1) is 0 Å². The predicted molar refractivity (Wildman–Crippen MR) is 101 cm³/mol. The number of piperidine rings is 1. The van der Waals surface area contributed by atoms with Crippen LogP contribution in [-0.2, 0) is 21.2 Å². The summed E-state index contributed by atoms with van der Waals surface area (Å²) in [4.78, 5) is 14.5. The number of amides is 1.